The minimum atomic E-state index is -0.883. The molecule has 3 nitrogen and oxygen atoms in total. The smallest absolute Gasteiger partial charge is 0.118 e. The van der Waals surface area contributed by atoms with Crippen LogP contribution in [-0.2, 0) is 10.3 Å². The summed E-state index contributed by atoms with van der Waals surface area (Å²) in [7, 11) is 3.93. The monoisotopic (exact) mass is 234 g/mol. The zero-order valence-electron chi connectivity index (χ0n) is 10.3. The third-order valence-electron chi connectivity index (χ3n) is 3.41. The van der Waals surface area contributed by atoms with Crippen LogP contribution < -0.4 is 0 Å². The maximum Gasteiger partial charge on any atom is 0.118 e. The third kappa shape index (κ3) is 2.51. The van der Waals surface area contributed by atoms with Crippen LogP contribution in [0.2, 0.25) is 0 Å². The zero-order chi connectivity index (χ0) is 12.3. The number of likely N-dealkylation sites (tertiary alicyclic amines) is 1. The third-order valence-corrected chi connectivity index (χ3v) is 3.41. The highest BCUT2D eigenvalue weighted by molar-refractivity contribution is 5.25. The minimum Gasteiger partial charge on any atom is -0.457 e. The van der Waals surface area contributed by atoms with Crippen molar-refractivity contribution in [1.29, 1.82) is 0 Å². The van der Waals surface area contributed by atoms with Crippen LogP contribution in [0.15, 0.2) is 30.3 Å². The largest absolute Gasteiger partial charge is 0.457 e. The van der Waals surface area contributed by atoms with E-state index in [9.17, 15) is 5.11 Å². The van der Waals surface area contributed by atoms with Gasteiger partial charge in [-0.1, -0.05) is 30.3 Å². The van der Waals surface area contributed by atoms with Gasteiger partial charge in [0.15, 0.2) is 0 Å². The molecule has 0 aliphatic carbocycles. The lowest BCUT2D eigenvalue weighted by atomic mass is 9.82. The minimum absolute atomic E-state index is 0.207. The van der Waals surface area contributed by atoms with E-state index in [4.69, 9.17) is 4.74 Å². The molecule has 0 bridgehead atoms. The van der Waals surface area contributed by atoms with Crippen LogP contribution in [0, 0.1) is 7.05 Å². The molecule has 1 saturated heterocycles. The van der Waals surface area contributed by atoms with E-state index in [2.05, 4.69) is 7.05 Å². The normalized spacial score (nSPS) is 30.4. The second kappa shape index (κ2) is 5.17. The Kier molecular flexibility index (Phi) is 3.82. The highest BCUT2D eigenvalue weighted by Gasteiger charge is 2.41. The molecule has 1 heterocycles. The molecule has 2 rings (SSSR count). The Morgan fingerprint density at radius 1 is 1.47 bits per heavy atom. The van der Waals surface area contributed by atoms with E-state index in [1.807, 2.05) is 42.2 Å². The number of ether oxygens (including phenoxy) is 1. The first-order valence-electron chi connectivity index (χ1n) is 6.11. The Morgan fingerprint density at radius 3 is 2.82 bits per heavy atom. The standard InChI is InChI=1S/C14H20NO2/c1-3-17-13-11-15(2)10-9-14(13,16)12-7-5-4-6-8-12/h4-8,13,16H,2-3,9-11H2,1H3/q-1/t13-,14-/m0/s1. The molecule has 17 heavy (non-hydrogen) atoms. The Labute approximate surface area is 103 Å². The van der Waals surface area contributed by atoms with Crippen LogP contribution in [-0.4, -0.2) is 35.8 Å². The first-order chi connectivity index (χ1) is 8.16. The average molecular weight is 234 g/mol. The average Bonchev–Trinajstić information content (AvgIpc) is 2.35. The van der Waals surface area contributed by atoms with Crippen LogP contribution in [0.3, 0.4) is 0 Å². The van der Waals surface area contributed by atoms with Gasteiger partial charge in [0.1, 0.15) is 11.7 Å². The predicted octanol–water partition coefficient (Wildman–Crippen LogP) is 1.78. The summed E-state index contributed by atoms with van der Waals surface area (Å²) in [4.78, 5) is 1.96. The molecule has 1 aliphatic heterocycles. The number of aliphatic hydroxyl groups is 1. The van der Waals surface area contributed by atoms with Crippen molar-refractivity contribution < 1.29 is 9.84 Å². The molecule has 1 aromatic rings. The molecule has 94 valence electrons. The van der Waals surface area contributed by atoms with Gasteiger partial charge in [0.05, 0.1) is 0 Å². The van der Waals surface area contributed by atoms with E-state index >= 15 is 0 Å². The molecule has 0 radical (unpaired) electrons. The van der Waals surface area contributed by atoms with Gasteiger partial charge in [0, 0.05) is 6.61 Å². The fourth-order valence-corrected chi connectivity index (χ4v) is 2.42. The van der Waals surface area contributed by atoms with Crippen molar-refractivity contribution in [2.75, 3.05) is 19.7 Å². The lowest BCUT2D eigenvalue weighted by Gasteiger charge is -2.46. The lowest BCUT2D eigenvalue weighted by molar-refractivity contribution is -0.144. The highest BCUT2D eigenvalue weighted by Crippen LogP contribution is 2.34. The molecular formula is C14H20NO2-. The van der Waals surface area contributed by atoms with Crippen LogP contribution >= 0.6 is 0 Å². The topological polar surface area (TPSA) is 32.7 Å². The summed E-state index contributed by atoms with van der Waals surface area (Å²) in [5.74, 6) is 0. The fraction of sp³-hybridized carbons (Fsp3) is 0.500. The summed E-state index contributed by atoms with van der Waals surface area (Å²) in [6.07, 6.45) is 0.451. The summed E-state index contributed by atoms with van der Waals surface area (Å²) < 4.78 is 5.69. The van der Waals surface area contributed by atoms with Crippen molar-refractivity contribution in [3.05, 3.63) is 42.9 Å². The first kappa shape index (κ1) is 12.6. The van der Waals surface area contributed by atoms with Gasteiger partial charge in [-0.25, -0.2) is 0 Å². The van der Waals surface area contributed by atoms with Gasteiger partial charge < -0.3 is 14.7 Å². The molecular weight excluding hydrogens is 214 g/mol. The van der Waals surface area contributed by atoms with E-state index in [0.717, 1.165) is 12.1 Å². The van der Waals surface area contributed by atoms with Crippen molar-refractivity contribution in [1.82, 2.24) is 4.90 Å². The number of piperidine rings is 1. The number of rotatable bonds is 3. The van der Waals surface area contributed by atoms with E-state index in [1.165, 1.54) is 0 Å². The maximum atomic E-state index is 10.9. The SMILES string of the molecule is [CH2-]N1CC[C@](O)(c2ccccc2)[C@@H](OCC)C1. The molecule has 0 saturated carbocycles. The maximum absolute atomic E-state index is 10.9. The Bertz CT molecular complexity index is 354. The molecule has 0 aromatic heterocycles. The molecule has 0 spiro atoms. The van der Waals surface area contributed by atoms with Gasteiger partial charge in [-0.2, -0.15) is 0 Å². The van der Waals surface area contributed by atoms with Crippen LogP contribution in [0.1, 0.15) is 18.9 Å². The molecule has 1 aromatic carbocycles. The zero-order valence-corrected chi connectivity index (χ0v) is 10.3. The lowest BCUT2D eigenvalue weighted by Crippen LogP contribution is -2.53. The van der Waals surface area contributed by atoms with Gasteiger partial charge in [-0.05, 0) is 32.0 Å². The molecule has 1 N–H and O–H groups in total. The van der Waals surface area contributed by atoms with Crippen LogP contribution in [0.25, 0.3) is 0 Å². The molecule has 1 fully saturated rings. The Balaban J connectivity index is 2.26. The summed E-state index contributed by atoms with van der Waals surface area (Å²) in [5, 5.41) is 10.9. The van der Waals surface area contributed by atoms with Crippen molar-refractivity contribution in [2.24, 2.45) is 0 Å². The fourth-order valence-electron chi connectivity index (χ4n) is 2.42. The van der Waals surface area contributed by atoms with Crippen molar-refractivity contribution in [3.63, 3.8) is 0 Å². The predicted molar refractivity (Wildman–Crippen MR) is 67.3 cm³/mol. The second-order valence-electron chi connectivity index (χ2n) is 4.56. The summed E-state index contributed by atoms with van der Waals surface area (Å²) in [5.41, 5.74) is 0.0531. The second-order valence-corrected chi connectivity index (χ2v) is 4.56. The number of hydrogen-bond donors (Lipinski definition) is 1. The van der Waals surface area contributed by atoms with E-state index in [0.29, 0.717) is 19.6 Å². The number of nitrogens with zero attached hydrogens (tertiary/aromatic N) is 1. The summed E-state index contributed by atoms with van der Waals surface area (Å²) >= 11 is 0. The van der Waals surface area contributed by atoms with Gasteiger partial charge >= 0.3 is 0 Å². The quantitative estimate of drug-likeness (QED) is 0.809. The molecule has 1 aliphatic rings. The van der Waals surface area contributed by atoms with Gasteiger partial charge in [-0.3, -0.25) is 7.05 Å². The van der Waals surface area contributed by atoms with Crippen LogP contribution in [0.5, 0.6) is 0 Å². The van der Waals surface area contributed by atoms with Crippen molar-refractivity contribution >= 4 is 0 Å². The summed E-state index contributed by atoms with van der Waals surface area (Å²) in [6, 6.07) is 9.79. The number of hydrogen-bond acceptors (Lipinski definition) is 3. The van der Waals surface area contributed by atoms with E-state index < -0.39 is 5.60 Å². The summed E-state index contributed by atoms with van der Waals surface area (Å²) in [6.45, 7) is 4.01. The Hall–Kier alpha value is -0.900. The first-order valence-corrected chi connectivity index (χ1v) is 6.11. The van der Waals surface area contributed by atoms with Crippen LogP contribution in [0.4, 0.5) is 0 Å². The molecule has 0 amide bonds. The van der Waals surface area contributed by atoms with Gasteiger partial charge in [-0.15, -0.1) is 0 Å². The van der Waals surface area contributed by atoms with E-state index in [1.54, 1.807) is 0 Å². The van der Waals surface area contributed by atoms with Gasteiger partial charge in [0.25, 0.3) is 0 Å². The molecule has 2 atom stereocenters. The van der Waals surface area contributed by atoms with Crippen molar-refractivity contribution in [2.45, 2.75) is 25.0 Å². The molecule has 3 heteroatoms. The molecule has 0 unspecified atom stereocenters. The highest BCUT2D eigenvalue weighted by atomic mass is 16.5. The Morgan fingerprint density at radius 2 is 2.18 bits per heavy atom. The number of benzene rings is 1. The van der Waals surface area contributed by atoms with E-state index in [-0.39, 0.29) is 6.10 Å². The van der Waals surface area contributed by atoms with Crippen molar-refractivity contribution in [3.8, 4) is 0 Å². The van der Waals surface area contributed by atoms with Gasteiger partial charge in [0.2, 0.25) is 0 Å².